The van der Waals surface area contributed by atoms with Crippen molar-refractivity contribution in [3.63, 3.8) is 0 Å². The van der Waals surface area contributed by atoms with Gasteiger partial charge in [-0.1, -0.05) is 18.2 Å². The van der Waals surface area contributed by atoms with E-state index < -0.39 is 21.6 Å². The topological polar surface area (TPSA) is 37.4 Å². The third-order valence-electron chi connectivity index (χ3n) is 3.44. The van der Waals surface area contributed by atoms with Gasteiger partial charge in [0.25, 0.3) is 0 Å². The van der Waals surface area contributed by atoms with E-state index in [2.05, 4.69) is 29.2 Å². The third kappa shape index (κ3) is 3.23. The van der Waals surface area contributed by atoms with Crippen LogP contribution in [-0.2, 0) is 10.0 Å². The van der Waals surface area contributed by atoms with Crippen molar-refractivity contribution in [3.05, 3.63) is 46.1 Å². The van der Waals surface area contributed by atoms with E-state index in [-0.39, 0.29) is 13.0 Å². The summed E-state index contributed by atoms with van der Waals surface area (Å²) < 4.78 is 41.2. The molecule has 3 nitrogen and oxygen atoms in total. The molecule has 2 atom stereocenters. The first-order chi connectivity index (χ1) is 9.46. The fraction of sp³-hybridized carbons (Fsp3) is 0.429. The Morgan fingerprint density at radius 1 is 1.35 bits per heavy atom. The molecule has 0 saturated carbocycles. The average Bonchev–Trinajstić information content (AvgIpc) is 2.42. The van der Waals surface area contributed by atoms with Gasteiger partial charge in [-0.15, -0.1) is 6.58 Å². The molecule has 0 bridgehead atoms. The highest BCUT2D eigenvalue weighted by Gasteiger charge is 2.37. The number of rotatable bonds is 4. The summed E-state index contributed by atoms with van der Waals surface area (Å²) in [7, 11) is -3.75. The van der Waals surface area contributed by atoms with Gasteiger partial charge in [0, 0.05) is 10.1 Å². The van der Waals surface area contributed by atoms with Gasteiger partial charge in [0.05, 0.1) is 0 Å². The SMILES string of the molecule is C=CC(c1ccc(I)cc1)S(=O)(=O)N1CCCCC1F. The number of piperidine rings is 1. The smallest absolute Gasteiger partial charge is 0.227 e. The average molecular weight is 409 g/mol. The molecule has 0 N–H and O–H groups in total. The van der Waals surface area contributed by atoms with Gasteiger partial charge in [-0.2, -0.15) is 4.31 Å². The zero-order valence-electron chi connectivity index (χ0n) is 11.0. The van der Waals surface area contributed by atoms with Crippen LogP contribution in [0.5, 0.6) is 0 Å². The van der Waals surface area contributed by atoms with Crippen molar-refractivity contribution in [2.75, 3.05) is 6.54 Å². The van der Waals surface area contributed by atoms with Gasteiger partial charge in [0.1, 0.15) is 5.25 Å². The maximum Gasteiger partial charge on any atom is 0.227 e. The highest BCUT2D eigenvalue weighted by molar-refractivity contribution is 14.1. The van der Waals surface area contributed by atoms with Crippen molar-refractivity contribution in [1.82, 2.24) is 4.31 Å². The minimum absolute atomic E-state index is 0.248. The van der Waals surface area contributed by atoms with Gasteiger partial charge in [0.15, 0.2) is 6.30 Å². The van der Waals surface area contributed by atoms with Crippen molar-refractivity contribution in [2.24, 2.45) is 0 Å². The Labute approximate surface area is 133 Å². The van der Waals surface area contributed by atoms with Crippen LogP contribution < -0.4 is 0 Å². The molecule has 2 unspecified atom stereocenters. The molecule has 1 heterocycles. The predicted octanol–water partition coefficient (Wildman–Crippen LogP) is 3.63. The third-order valence-corrected chi connectivity index (χ3v) is 6.33. The number of hydrogen-bond donors (Lipinski definition) is 0. The standard InChI is InChI=1S/C14H17FINO2S/c1-2-13(11-6-8-12(16)9-7-11)20(18,19)17-10-4-3-5-14(17)15/h2,6-9,13-14H,1,3-5,10H2. The monoisotopic (exact) mass is 409 g/mol. The van der Waals surface area contributed by atoms with Crippen LogP contribution in [0, 0.1) is 3.57 Å². The Kier molecular flexibility index (Phi) is 5.19. The molecule has 0 aromatic heterocycles. The number of nitrogens with zero attached hydrogens (tertiary/aromatic N) is 1. The van der Waals surface area contributed by atoms with Gasteiger partial charge in [-0.05, 0) is 59.5 Å². The van der Waals surface area contributed by atoms with Crippen LogP contribution in [0.15, 0.2) is 36.9 Å². The number of benzene rings is 1. The van der Waals surface area contributed by atoms with Crippen LogP contribution in [0.25, 0.3) is 0 Å². The molecule has 20 heavy (non-hydrogen) atoms. The van der Waals surface area contributed by atoms with Crippen molar-refractivity contribution < 1.29 is 12.8 Å². The second-order valence-corrected chi connectivity index (χ2v) is 8.05. The van der Waals surface area contributed by atoms with E-state index in [4.69, 9.17) is 0 Å². The van der Waals surface area contributed by atoms with E-state index in [1.54, 1.807) is 12.1 Å². The van der Waals surface area contributed by atoms with E-state index >= 15 is 0 Å². The fourth-order valence-corrected chi connectivity index (χ4v) is 4.58. The van der Waals surface area contributed by atoms with Crippen LogP contribution in [-0.4, -0.2) is 25.6 Å². The lowest BCUT2D eigenvalue weighted by Crippen LogP contribution is -2.43. The number of halogens is 2. The molecular formula is C14H17FINO2S. The summed E-state index contributed by atoms with van der Waals surface area (Å²) >= 11 is 2.15. The first kappa shape index (κ1) is 15.9. The zero-order chi connectivity index (χ0) is 14.8. The lowest BCUT2D eigenvalue weighted by atomic mass is 10.1. The highest BCUT2D eigenvalue weighted by Crippen LogP contribution is 2.32. The van der Waals surface area contributed by atoms with E-state index in [1.165, 1.54) is 6.08 Å². The highest BCUT2D eigenvalue weighted by atomic mass is 127. The number of hydrogen-bond acceptors (Lipinski definition) is 2. The molecule has 0 aliphatic carbocycles. The lowest BCUT2D eigenvalue weighted by molar-refractivity contribution is 0.121. The zero-order valence-corrected chi connectivity index (χ0v) is 14.0. The Morgan fingerprint density at radius 3 is 2.55 bits per heavy atom. The van der Waals surface area contributed by atoms with Gasteiger partial charge in [-0.25, -0.2) is 12.8 Å². The molecule has 1 fully saturated rings. The summed E-state index contributed by atoms with van der Waals surface area (Å²) in [5, 5.41) is -0.893. The van der Waals surface area contributed by atoms with Crippen molar-refractivity contribution in [3.8, 4) is 0 Å². The number of alkyl halides is 1. The van der Waals surface area contributed by atoms with Crippen LogP contribution in [0.4, 0.5) is 4.39 Å². The molecule has 110 valence electrons. The van der Waals surface area contributed by atoms with Crippen LogP contribution in [0.2, 0.25) is 0 Å². The summed E-state index contributed by atoms with van der Waals surface area (Å²) in [6.07, 6.45) is 1.67. The van der Waals surface area contributed by atoms with Gasteiger partial charge in [0.2, 0.25) is 10.0 Å². The van der Waals surface area contributed by atoms with E-state index in [9.17, 15) is 12.8 Å². The van der Waals surface area contributed by atoms with E-state index in [0.717, 1.165) is 14.3 Å². The molecule has 1 aliphatic rings. The van der Waals surface area contributed by atoms with E-state index in [1.807, 2.05) is 12.1 Å². The van der Waals surface area contributed by atoms with Crippen LogP contribution >= 0.6 is 22.6 Å². The Balaban J connectivity index is 2.34. The molecule has 0 spiro atoms. The van der Waals surface area contributed by atoms with Crippen LogP contribution in [0.3, 0.4) is 0 Å². The second kappa shape index (κ2) is 6.53. The summed E-state index contributed by atoms with van der Waals surface area (Å²) in [4.78, 5) is 0. The minimum atomic E-state index is -3.75. The summed E-state index contributed by atoms with van der Waals surface area (Å²) in [5.41, 5.74) is 0.623. The van der Waals surface area contributed by atoms with E-state index in [0.29, 0.717) is 12.0 Å². The first-order valence-electron chi connectivity index (χ1n) is 6.49. The molecule has 1 aromatic carbocycles. The van der Waals surface area contributed by atoms with Crippen molar-refractivity contribution in [1.29, 1.82) is 0 Å². The normalized spacial score (nSPS) is 22.4. The quantitative estimate of drug-likeness (QED) is 0.433. The molecule has 0 amide bonds. The maximum absolute atomic E-state index is 13.9. The summed E-state index contributed by atoms with van der Waals surface area (Å²) in [5.74, 6) is 0. The summed E-state index contributed by atoms with van der Waals surface area (Å²) in [6, 6.07) is 7.18. The first-order valence-corrected chi connectivity index (χ1v) is 9.08. The maximum atomic E-state index is 13.9. The Hall–Kier alpha value is -0.470. The second-order valence-electron chi connectivity index (χ2n) is 4.79. The Bertz CT molecular complexity index is 573. The lowest BCUT2D eigenvalue weighted by Gasteiger charge is -2.32. The fourth-order valence-electron chi connectivity index (χ4n) is 2.38. The summed E-state index contributed by atoms with van der Waals surface area (Å²) in [6.45, 7) is 3.86. The van der Waals surface area contributed by atoms with Gasteiger partial charge >= 0.3 is 0 Å². The molecular weight excluding hydrogens is 392 g/mol. The molecule has 1 aliphatic heterocycles. The molecule has 2 rings (SSSR count). The van der Waals surface area contributed by atoms with Crippen LogP contribution in [0.1, 0.15) is 30.1 Å². The van der Waals surface area contributed by atoms with Gasteiger partial charge in [-0.3, -0.25) is 0 Å². The van der Waals surface area contributed by atoms with Crippen molar-refractivity contribution >= 4 is 32.6 Å². The molecule has 1 saturated heterocycles. The largest absolute Gasteiger partial charge is 0.229 e. The van der Waals surface area contributed by atoms with Crippen molar-refractivity contribution in [2.45, 2.75) is 30.8 Å². The molecule has 1 aromatic rings. The molecule has 0 radical (unpaired) electrons. The number of sulfonamides is 1. The Morgan fingerprint density at radius 2 is 2.00 bits per heavy atom. The molecule has 6 heteroatoms. The van der Waals surface area contributed by atoms with Gasteiger partial charge < -0.3 is 0 Å². The predicted molar refractivity (Wildman–Crippen MR) is 86.5 cm³/mol. The minimum Gasteiger partial charge on any atom is -0.229 e.